The minimum atomic E-state index is -1.02. The number of aromatic carboxylic acids is 1. The molecule has 4 rings (SSSR count). The minimum Gasteiger partial charge on any atom is -0.478 e. The zero-order chi connectivity index (χ0) is 23.9. The SMILES string of the molecule is Cc1cc(/C=C2\C(=O)NC(=S)N(c3cccc(F)c3)C2=O)c(C)n1-c1ccc(C(=O)O)cc1. The molecule has 0 unspecified atom stereocenters. The van der Waals surface area contributed by atoms with Gasteiger partial charge in [-0.25, -0.2) is 9.18 Å². The molecule has 33 heavy (non-hydrogen) atoms. The lowest BCUT2D eigenvalue weighted by Crippen LogP contribution is -2.54. The number of hydrogen-bond donors (Lipinski definition) is 2. The highest BCUT2D eigenvalue weighted by Gasteiger charge is 2.34. The average Bonchev–Trinajstić information content (AvgIpc) is 3.04. The second kappa shape index (κ2) is 8.44. The Balaban J connectivity index is 1.74. The topological polar surface area (TPSA) is 91.6 Å². The maximum Gasteiger partial charge on any atom is 0.335 e. The quantitative estimate of drug-likeness (QED) is 0.349. The minimum absolute atomic E-state index is 0.128. The molecule has 0 bridgehead atoms. The van der Waals surface area contributed by atoms with Crippen LogP contribution in [-0.2, 0) is 9.59 Å². The fraction of sp³-hybridized carbons (Fsp3) is 0.0833. The molecule has 1 aliphatic heterocycles. The van der Waals surface area contributed by atoms with Gasteiger partial charge >= 0.3 is 5.97 Å². The maximum absolute atomic E-state index is 13.7. The molecule has 0 aliphatic carbocycles. The van der Waals surface area contributed by atoms with Crippen LogP contribution in [0.15, 0.2) is 60.2 Å². The van der Waals surface area contributed by atoms with Crippen molar-refractivity contribution in [3.05, 3.63) is 88.5 Å². The fourth-order valence-corrected chi connectivity index (χ4v) is 4.03. The molecule has 2 heterocycles. The van der Waals surface area contributed by atoms with E-state index in [1.165, 1.54) is 36.4 Å². The van der Waals surface area contributed by atoms with Crippen LogP contribution in [0.5, 0.6) is 0 Å². The lowest BCUT2D eigenvalue weighted by Gasteiger charge is -2.28. The number of amides is 2. The molecule has 2 aromatic carbocycles. The molecule has 1 aliphatic rings. The van der Waals surface area contributed by atoms with Crippen LogP contribution in [0.2, 0.25) is 0 Å². The first kappa shape index (κ1) is 22.1. The zero-order valence-corrected chi connectivity index (χ0v) is 18.4. The van der Waals surface area contributed by atoms with Crippen molar-refractivity contribution in [3.63, 3.8) is 0 Å². The first-order valence-electron chi connectivity index (χ1n) is 9.87. The molecular formula is C24H18FN3O4S. The van der Waals surface area contributed by atoms with E-state index in [4.69, 9.17) is 17.3 Å². The van der Waals surface area contributed by atoms with Crippen molar-refractivity contribution in [3.8, 4) is 5.69 Å². The number of rotatable bonds is 4. The van der Waals surface area contributed by atoms with Gasteiger partial charge in [0.1, 0.15) is 11.4 Å². The normalized spacial score (nSPS) is 15.2. The molecule has 0 spiro atoms. The summed E-state index contributed by atoms with van der Waals surface area (Å²) >= 11 is 5.15. The van der Waals surface area contributed by atoms with Crippen molar-refractivity contribution >= 4 is 46.9 Å². The number of halogens is 1. The Bertz CT molecular complexity index is 1360. The van der Waals surface area contributed by atoms with Crippen molar-refractivity contribution in [2.24, 2.45) is 0 Å². The van der Waals surface area contributed by atoms with Gasteiger partial charge in [-0.05, 0) is 86.2 Å². The summed E-state index contributed by atoms with van der Waals surface area (Å²) in [6, 6.07) is 13.6. The van der Waals surface area contributed by atoms with Crippen LogP contribution < -0.4 is 10.2 Å². The number of carbonyl (C=O) groups is 3. The smallest absolute Gasteiger partial charge is 0.335 e. The van der Waals surface area contributed by atoms with Crippen LogP contribution >= 0.6 is 12.2 Å². The van der Waals surface area contributed by atoms with Crippen LogP contribution in [-0.4, -0.2) is 32.6 Å². The van der Waals surface area contributed by atoms with E-state index in [1.807, 2.05) is 24.5 Å². The molecule has 1 aromatic heterocycles. The van der Waals surface area contributed by atoms with Gasteiger partial charge in [0, 0.05) is 17.1 Å². The first-order valence-corrected chi connectivity index (χ1v) is 10.3. The van der Waals surface area contributed by atoms with Gasteiger partial charge in [0.25, 0.3) is 11.8 Å². The van der Waals surface area contributed by atoms with Crippen LogP contribution in [0.1, 0.15) is 27.3 Å². The van der Waals surface area contributed by atoms with Gasteiger partial charge in [-0.3, -0.25) is 19.8 Å². The fourth-order valence-electron chi connectivity index (χ4n) is 3.75. The third kappa shape index (κ3) is 4.06. The van der Waals surface area contributed by atoms with E-state index in [1.54, 1.807) is 12.1 Å². The summed E-state index contributed by atoms with van der Waals surface area (Å²) in [5, 5.41) is 11.5. The summed E-state index contributed by atoms with van der Waals surface area (Å²) in [6.07, 6.45) is 1.47. The summed E-state index contributed by atoms with van der Waals surface area (Å²) in [4.78, 5) is 37.9. The molecule has 1 saturated heterocycles. The maximum atomic E-state index is 13.7. The molecular weight excluding hydrogens is 445 g/mol. The van der Waals surface area contributed by atoms with E-state index >= 15 is 0 Å². The Kier molecular flexibility index (Phi) is 5.65. The monoisotopic (exact) mass is 463 g/mol. The molecule has 166 valence electrons. The number of carboxylic acids is 1. The Labute approximate surface area is 193 Å². The second-order valence-electron chi connectivity index (χ2n) is 7.45. The van der Waals surface area contributed by atoms with E-state index in [2.05, 4.69) is 5.32 Å². The van der Waals surface area contributed by atoms with Gasteiger partial charge in [0.05, 0.1) is 11.3 Å². The summed E-state index contributed by atoms with van der Waals surface area (Å²) in [5.41, 5.74) is 3.16. The van der Waals surface area contributed by atoms with Gasteiger partial charge in [-0.2, -0.15) is 0 Å². The van der Waals surface area contributed by atoms with Crippen molar-refractivity contribution in [2.75, 3.05) is 4.90 Å². The first-order chi connectivity index (χ1) is 15.7. The largest absolute Gasteiger partial charge is 0.478 e. The van der Waals surface area contributed by atoms with E-state index in [0.717, 1.165) is 28.0 Å². The van der Waals surface area contributed by atoms with E-state index < -0.39 is 23.6 Å². The summed E-state index contributed by atoms with van der Waals surface area (Å²) in [5.74, 6) is -2.86. The highest BCUT2D eigenvalue weighted by Crippen LogP contribution is 2.26. The Morgan fingerprint density at radius 3 is 2.39 bits per heavy atom. The molecule has 0 radical (unpaired) electrons. The number of carboxylic acid groups (broad SMARTS) is 1. The molecule has 1 fully saturated rings. The molecule has 2 amide bonds. The Morgan fingerprint density at radius 1 is 1.06 bits per heavy atom. The number of anilines is 1. The van der Waals surface area contributed by atoms with Crippen LogP contribution in [0.3, 0.4) is 0 Å². The van der Waals surface area contributed by atoms with Crippen molar-refractivity contribution in [1.29, 1.82) is 0 Å². The molecule has 3 aromatic rings. The van der Waals surface area contributed by atoms with E-state index in [-0.39, 0.29) is 21.9 Å². The highest BCUT2D eigenvalue weighted by molar-refractivity contribution is 7.80. The van der Waals surface area contributed by atoms with Crippen LogP contribution in [0.4, 0.5) is 10.1 Å². The van der Waals surface area contributed by atoms with Gasteiger partial charge in [0.2, 0.25) is 0 Å². The van der Waals surface area contributed by atoms with E-state index in [9.17, 15) is 18.8 Å². The molecule has 0 atom stereocenters. The number of benzene rings is 2. The summed E-state index contributed by atoms with van der Waals surface area (Å²) in [6.45, 7) is 3.68. The van der Waals surface area contributed by atoms with Gasteiger partial charge < -0.3 is 9.67 Å². The van der Waals surface area contributed by atoms with Crippen molar-refractivity contribution in [2.45, 2.75) is 13.8 Å². The Morgan fingerprint density at radius 2 is 1.76 bits per heavy atom. The van der Waals surface area contributed by atoms with Crippen LogP contribution in [0.25, 0.3) is 11.8 Å². The van der Waals surface area contributed by atoms with Crippen molar-refractivity contribution in [1.82, 2.24) is 9.88 Å². The van der Waals surface area contributed by atoms with Crippen LogP contribution in [0, 0.1) is 19.7 Å². The van der Waals surface area contributed by atoms with Crippen molar-refractivity contribution < 1.29 is 23.9 Å². The third-order valence-corrected chi connectivity index (χ3v) is 5.60. The predicted octanol–water partition coefficient (Wildman–Crippen LogP) is 3.76. The highest BCUT2D eigenvalue weighted by atomic mass is 32.1. The number of nitrogens with one attached hydrogen (secondary N) is 1. The van der Waals surface area contributed by atoms with Gasteiger partial charge in [-0.15, -0.1) is 0 Å². The molecule has 0 saturated carbocycles. The number of nitrogens with zero attached hydrogens (tertiary/aromatic N) is 2. The molecule has 2 N–H and O–H groups in total. The zero-order valence-electron chi connectivity index (χ0n) is 17.6. The second-order valence-corrected chi connectivity index (χ2v) is 7.84. The predicted molar refractivity (Wildman–Crippen MR) is 125 cm³/mol. The number of hydrogen-bond acceptors (Lipinski definition) is 4. The Hall–Kier alpha value is -4.11. The summed E-state index contributed by atoms with van der Waals surface area (Å²) < 4.78 is 15.6. The number of thiocarbonyl (C=S) groups is 1. The van der Waals surface area contributed by atoms with E-state index in [0.29, 0.717) is 5.56 Å². The third-order valence-electron chi connectivity index (χ3n) is 5.31. The number of aromatic nitrogens is 1. The summed E-state index contributed by atoms with van der Waals surface area (Å²) in [7, 11) is 0. The lowest BCUT2D eigenvalue weighted by molar-refractivity contribution is -0.122. The average molecular weight is 463 g/mol. The number of aryl methyl sites for hydroxylation is 1. The standard InChI is InChI=1S/C24H18FN3O4S/c1-13-10-16(14(2)27(13)18-8-6-15(7-9-18)23(31)32)11-20-21(29)26-24(33)28(22(20)30)19-5-3-4-17(25)12-19/h3-12H,1-2H3,(H,31,32)(H,26,29,33)/b20-11+. The van der Waals surface area contributed by atoms with Gasteiger partial charge in [-0.1, -0.05) is 6.07 Å². The number of carbonyl (C=O) groups excluding carboxylic acids is 2. The molecule has 9 heteroatoms. The lowest BCUT2D eigenvalue weighted by atomic mass is 10.1. The molecule has 7 nitrogen and oxygen atoms in total. The van der Waals surface area contributed by atoms with Gasteiger partial charge in [0.15, 0.2) is 5.11 Å².